The van der Waals surface area contributed by atoms with Gasteiger partial charge in [-0.25, -0.2) is 9.97 Å². The van der Waals surface area contributed by atoms with Gasteiger partial charge in [-0.3, -0.25) is 14.4 Å². The fourth-order valence-electron chi connectivity index (χ4n) is 4.47. The van der Waals surface area contributed by atoms with Crippen LogP contribution < -0.4 is 21.7 Å². The molecule has 228 valence electrons. The number of imidazole rings is 2. The fraction of sp³-hybridized carbons (Fsp3) is 0.219. The second-order valence-electron chi connectivity index (χ2n) is 9.98. The van der Waals surface area contributed by atoms with Gasteiger partial charge in [0, 0.05) is 48.5 Å². The van der Waals surface area contributed by atoms with Crippen LogP contribution in [-0.2, 0) is 24.4 Å². The van der Waals surface area contributed by atoms with Gasteiger partial charge in [-0.15, -0.1) is 0 Å². The van der Waals surface area contributed by atoms with Gasteiger partial charge in [0.2, 0.25) is 0 Å². The summed E-state index contributed by atoms with van der Waals surface area (Å²) in [5.74, 6) is -1.64. The highest BCUT2D eigenvalue weighted by molar-refractivity contribution is 6.16. The number of fused-ring (bicyclic) bond motifs is 1. The van der Waals surface area contributed by atoms with Crippen LogP contribution in [0, 0.1) is 0 Å². The zero-order valence-electron chi connectivity index (χ0n) is 24.4. The smallest absolute Gasteiger partial charge is 0.303 e. The number of H-pyrrole nitrogens is 2. The van der Waals surface area contributed by atoms with Crippen LogP contribution in [0.4, 0.5) is 11.4 Å². The van der Waals surface area contributed by atoms with E-state index in [0.717, 1.165) is 40.9 Å². The first kappa shape index (κ1) is 31.4. The highest BCUT2D eigenvalue weighted by atomic mass is 16.4. The van der Waals surface area contributed by atoms with E-state index >= 15 is 0 Å². The van der Waals surface area contributed by atoms with Gasteiger partial charge in [0.05, 0.1) is 41.8 Å². The second kappa shape index (κ2) is 15.7. The van der Waals surface area contributed by atoms with E-state index in [4.69, 9.17) is 10.8 Å². The summed E-state index contributed by atoms with van der Waals surface area (Å²) in [5, 5.41) is 19.0. The Labute approximate surface area is 254 Å². The number of unbranched alkanes of at least 4 members (excludes halogenated alkanes) is 1. The standard InChI is InChI=1S/C27H26N8O2.C5H10O2/c28-26(36)25-22-2-1-3-23(32-14-20-13-31-16-34-20)21(22)8-9-24(25)35-27(37)18-6-4-17(5-7-18)10-29-11-19-12-30-15-33-19;1-2-3-4-5(6)7/h1-9,12-13,15-16,29,32H,10-11,14H2,(H2,28,36)(H,30,33)(H,31,34)(H,35,37);2-4H2,1H3,(H,6,7). The Morgan fingerprint density at radius 2 is 1.55 bits per heavy atom. The molecular weight excluding hydrogens is 560 g/mol. The summed E-state index contributed by atoms with van der Waals surface area (Å²) in [5.41, 5.74) is 10.5. The summed E-state index contributed by atoms with van der Waals surface area (Å²) >= 11 is 0. The second-order valence-corrected chi connectivity index (χ2v) is 9.98. The van der Waals surface area contributed by atoms with E-state index in [1.54, 1.807) is 30.9 Å². The lowest BCUT2D eigenvalue weighted by Gasteiger charge is -2.15. The number of rotatable bonds is 13. The first-order chi connectivity index (χ1) is 21.4. The number of aromatic nitrogens is 4. The maximum atomic E-state index is 13.0. The number of carbonyl (C=O) groups is 3. The monoisotopic (exact) mass is 596 g/mol. The van der Waals surface area contributed by atoms with Gasteiger partial charge in [-0.05, 0) is 41.6 Å². The Hall–Kier alpha value is -5.49. The Balaban J connectivity index is 0.000000566. The maximum absolute atomic E-state index is 13.0. The van der Waals surface area contributed by atoms with Crippen LogP contribution in [0.25, 0.3) is 10.8 Å². The van der Waals surface area contributed by atoms with Crippen molar-refractivity contribution in [2.45, 2.75) is 45.8 Å². The zero-order chi connectivity index (χ0) is 31.3. The quantitative estimate of drug-likeness (QED) is 0.101. The third-order valence-electron chi connectivity index (χ3n) is 6.72. The number of carboxylic acid groups (broad SMARTS) is 1. The molecule has 5 rings (SSSR count). The predicted octanol–water partition coefficient (Wildman–Crippen LogP) is 4.80. The van der Waals surface area contributed by atoms with Gasteiger partial charge in [-0.1, -0.05) is 43.7 Å². The molecule has 0 unspecified atom stereocenters. The number of aliphatic carboxylic acids is 1. The van der Waals surface area contributed by atoms with E-state index in [0.29, 0.717) is 42.7 Å². The Kier molecular flexibility index (Phi) is 11.2. The highest BCUT2D eigenvalue weighted by Crippen LogP contribution is 2.31. The predicted molar refractivity (Wildman–Crippen MR) is 169 cm³/mol. The van der Waals surface area contributed by atoms with Crippen LogP contribution in [0.15, 0.2) is 79.6 Å². The number of carboxylic acids is 1. The highest BCUT2D eigenvalue weighted by Gasteiger charge is 2.17. The lowest BCUT2D eigenvalue weighted by molar-refractivity contribution is -0.137. The molecule has 0 atom stereocenters. The van der Waals surface area contributed by atoms with E-state index < -0.39 is 11.9 Å². The first-order valence-corrected chi connectivity index (χ1v) is 14.2. The molecule has 0 aliphatic rings. The number of aromatic amines is 2. The molecule has 2 heterocycles. The van der Waals surface area contributed by atoms with Crippen molar-refractivity contribution in [3.8, 4) is 0 Å². The Morgan fingerprint density at radius 1 is 0.841 bits per heavy atom. The maximum Gasteiger partial charge on any atom is 0.303 e. The molecule has 0 saturated heterocycles. The van der Waals surface area contributed by atoms with Crippen molar-refractivity contribution in [3.05, 3.63) is 108 Å². The normalized spacial score (nSPS) is 10.6. The summed E-state index contributed by atoms with van der Waals surface area (Å²) in [6.07, 6.45) is 8.99. The molecule has 0 fully saturated rings. The summed E-state index contributed by atoms with van der Waals surface area (Å²) in [6.45, 7) is 3.77. The van der Waals surface area contributed by atoms with E-state index in [-0.39, 0.29) is 11.5 Å². The van der Waals surface area contributed by atoms with E-state index in [9.17, 15) is 14.4 Å². The van der Waals surface area contributed by atoms with Gasteiger partial charge in [0.15, 0.2) is 0 Å². The summed E-state index contributed by atoms with van der Waals surface area (Å²) in [7, 11) is 0. The lowest BCUT2D eigenvalue weighted by atomic mass is 10.00. The Bertz CT molecular complexity index is 1670. The molecule has 3 aromatic carbocycles. The van der Waals surface area contributed by atoms with Crippen molar-refractivity contribution >= 4 is 39.9 Å². The number of anilines is 2. The van der Waals surface area contributed by atoms with Crippen molar-refractivity contribution in [2.24, 2.45) is 5.73 Å². The van der Waals surface area contributed by atoms with Crippen molar-refractivity contribution < 1.29 is 19.5 Å². The van der Waals surface area contributed by atoms with Crippen LogP contribution in [0.2, 0.25) is 0 Å². The van der Waals surface area contributed by atoms with E-state index in [1.807, 2.05) is 55.7 Å². The van der Waals surface area contributed by atoms with Gasteiger partial charge < -0.3 is 36.8 Å². The molecule has 0 saturated carbocycles. The number of amides is 2. The minimum atomic E-state index is -0.693. The van der Waals surface area contributed by atoms with Crippen LogP contribution in [0.5, 0.6) is 0 Å². The van der Waals surface area contributed by atoms with Gasteiger partial charge >= 0.3 is 5.97 Å². The van der Waals surface area contributed by atoms with Crippen LogP contribution in [0.1, 0.15) is 63.9 Å². The van der Waals surface area contributed by atoms with E-state index in [2.05, 4.69) is 35.9 Å². The number of benzene rings is 3. The molecule has 12 heteroatoms. The molecule has 5 aromatic rings. The molecule has 0 spiro atoms. The number of nitrogens with one attached hydrogen (secondary N) is 5. The molecule has 2 amide bonds. The van der Waals surface area contributed by atoms with Crippen molar-refractivity contribution in [1.29, 1.82) is 0 Å². The molecule has 0 aliphatic heterocycles. The zero-order valence-corrected chi connectivity index (χ0v) is 24.4. The minimum absolute atomic E-state index is 0.258. The molecular formula is C32H36N8O4. The molecule has 0 aliphatic carbocycles. The number of hydrogen-bond acceptors (Lipinski definition) is 7. The molecule has 8 N–H and O–H groups in total. The van der Waals surface area contributed by atoms with Crippen LogP contribution in [-0.4, -0.2) is 42.8 Å². The molecule has 2 aromatic heterocycles. The van der Waals surface area contributed by atoms with Crippen LogP contribution in [0.3, 0.4) is 0 Å². The lowest BCUT2D eigenvalue weighted by Crippen LogP contribution is -2.19. The van der Waals surface area contributed by atoms with Crippen LogP contribution >= 0.6 is 0 Å². The largest absolute Gasteiger partial charge is 0.481 e. The summed E-state index contributed by atoms with van der Waals surface area (Å²) in [6, 6.07) is 16.4. The Morgan fingerprint density at radius 3 is 2.14 bits per heavy atom. The third kappa shape index (κ3) is 8.76. The molecule has 12 nitrogen and oxygen atoms in total. The van der Waals surface area contributed by atoms with Crippen molar-refractivity contribution in [1.82, 2.24) is 25.3 Å². The SMILES string of the molecule is CCCCC(=O)O.NC(=O)c1c(NC(=O)c2ccc(CNCc3c[nH]cn3)cc2)ccc2c(NCc3c[nH]cn3)cccc12. The van der Waals surface area contributed by atoms with Crippen molar-refractivity contribution in [2.75, 3.05) is 10.6 Å². The van der Waals surface area contributed by atoms with Gasteiger partial charge in [0.25, 0.3) is 11.8 Å². The number of nitrogens with two attached hydrogens (primary N) is 1. The minimum Gasteiger partial charge on any atom is -0.481 e. The molecule has 44 heavy (non-hydrogen) atoms. The molecule has 0 bridgehead atoms. The fourth-order valence-corrected chi connectivity index (χ4v) is 4.47. The number of carbonyl (C=O) groups excluding carboxylic acids is 2. The number of hydrogen-bond donors (Lipinski definition) is 7. The average molecular weight is 597 g/mol. The summed E-state index contributed by atoms with van der Waals surface area (Å²) in [4.78, 5) is 49.5. The topological polar surface area (TPSA) is 191 Å². The number of nitrogens with zero attached hydrogens (tertiary/aromatic N) is 2. The molecule has 0 radical (unpaired) electrons. The van der Waals surface area contributed by atoms with E-state index in [1.165, 1.54) is 0 Å². The van der Waals surface area contributed by atoms with Gasteiger partial charge in [0.1, 0.15) is 0 Å². The third-order valence-corrected chi connectivity index (χ3v) is 6.72. The average Bonchev–Trinajstić information content (AvgIpc) is 3.74. The first-order valence-electron chi connectivity index (χ1n) is 14.2. The number of primary amides is 1. The van der Waals surface area contributed by atoms with Crippen molar-refractivity contribution in [3.63, 3.8) is 0 Å². The van der Waals surface area contributed by atoms with Gasteiger partial charge in [-0.2, -0.15) is 0 Å². The summed E-state index contributed by atoms with van der Waals surface area (Å²) < 4.78 is 0.